The van der Waals surface area contributed by atoms with Crippen LogP contribution in [0.25, 0.3) is 0 Å². The molecule has 3 aromatic carbocycles. The topological polar surface area (TPSA) is 79.8 Å². The summed E-state index contributed by atoms with van der Waals surface area (Å²) in [7, 11) is 0. The Bertz CT molecular complexity index is 1200. The molecule has 0 aliphatic rings. The first-order valence-corrected chi connectivity index (χ1v) is 14.1. The number of rotatable bonds is 14. The molecule has 0 amide bonds. The average Bonchev–Trinajstić information content (AvgIpc) is 2.89. The molecular formula is C29H33Cl2N3O3S. The number of nitrogens with zero attached hydrogens (tertiary/aromatic N) is 1. The molecule has 0 fully saturated rings. The first-order valence-electron chi connectivity index (χ1n) is 12.6. The summed E-state index contributed by atoms with van der Waals surface area (Å²) in [4.78, 5) is 23.7. The fourth-order valence-corrected chi connectivity index (χ4v) is 5.80. The smallest absolute Gasteiger partial charge is 0.315 e. The monoisotopic (exact) mass is 573 g/mol. The second-order valence-electron chi connectivity index (χ2n) is 9.27. The van der Waals surface area contributed by atoms with Gasteiger partial charge in [-0.15, -0.1) is 4.91 Å². The third kappa shape index (κ3) is 8.21. The number of hydrogen-bond acceptors (Lipinski definition) is 7. The molecule has 38 heavy (non-hydrogen) atoms. The molecule has 0 saturated heterocycles. The summed E-state index contributed by atoms with van der Waals surface area (Å²) < 4.78 is 8.44. The Morgan fingerprint density at radius 1 is 1.00 bits per heavy atom. The van der Waals surface area contributed by atoms with Gasteiger partial charge in [0.05, 0.1) is 26.9 Å². The van der Waals surface area contributed by atoms with Crippen LogP contribution in [-0.2, 0) is 17.8 Å². The van der Waals surface area contributed by atoms with Crippen LogP contribution in [0.5, 0.6) is 5.75 Å². The van der Waals surface area contributed by atoms with Gasteiger partial charge in [-0.3, -0.25) is 4.79 Å². The van der Waals surface area contributed by atoms with Gasteiger partial charge >= 0.3 is 5.97 Å². The summed E-state index contributed by atoms with van der Waals surface area (Å²) in [5.41, 5.74) is 3.12. The van der Waals surface area contributed by atoms with Crippen LogP contribution in [0.2, 0.25) is 10.0 Å². The zero-order valence-corrected chi connectivity index (χ0v) is 24.1. The average molecular weight is 575 g/mol. The minimum atomic E-state index is -0.380. The lowest BCUT2D eigenvalue weighted by Crippen LogP contribution is -2.40. The van der Waals surface area contributed by atoms with E-state index in [0.717, 1.165) is 41.6 Å². The Morgan fingerprint density at radius 3 is 2.29 bits per heavy atom. The van der Waals surface area contributed by atoms with Gasteiger partial charge in [0, 0.05) is 35.3 Å². The fourth-order valence-electron chi connectivity index (χ4n) is 4.49. The van der Waals surface area contributed by atoms with E-state index < -0.39 is 0 Å². The highest BCUT2D eigenvalue weighted by molar-refractivity contribution is 7.99. The molecule has 0 aliphatic carbocycles. The Balaban J connectivity index is 1.57. The number of nitrogens with one attached hydrogen (secondary N) is 2. The molecule has 202 valence electrons. The molecule has 0 aromatic heterocycles. The lowest BCUT2D eigenvalue weighted by Gasteiger charge is -2.33. The van der Waals surface area contributed by atoms with E-state index in [1.54, 1.807) is 30.3 Å². The molecule has 0 heterocycles. The van der Waals surface area contributed by atoms with Crippen molar-refractivity contribution < 1.29 is 9.53 Å². The molecule has 3 rings (SSSR count). The van der Waals surface area contributed by atoms with Gasteiger partial charge in [0.25, 0.3) is 0 Å². The third-order valence-electron chi connectivity index (χ3n) is 6.63. The molecule has 1 atom stereocenters. The lowest BCUT2D eigenvalue weighted by atomic mass is 9.88. The predicted molar refractivity (Wildman–Crippen MR) is 160 cm³/mol. The van der Waals surface area contributed by atoms with Gasteiger partial charge in [0.2, 0.25) is 0 Å². The molecular weight excluding hydrogens is 541 g/mol. The Kier molecular flexibility index (Phi) is 11.5. The van der Waals surface area contributed by atoms with E-state index in [2.05, 4.69) is 36.0 Å². The second-order valence-corrected chi connectivity index (χ2v) is 11.3. The van der Waals surface area contributed by atoms with Crippen molar-refractivity contribution in [3.05, 3.63) is 92.8 Å². The van der Waals surface area contributed by atoms with Crippen molar-refractivity contribution in [3.8, 4) is 5.75 Å². The van der Waals surface area contributed by atoms with Crippen molar-refractivity contribution in [2.45, 2.75) is 51.3 Å². The maximum Gasteiger partial charge on any atom is 0.315 e. The quantitative estimate of drug-likeness (QED) is 0.0869. The van der Waals surface area contributed by atoms with Gasteiger partial charge in [0.1, 0.15) is 5.75 Å². The Labute approximate surface area is 238 Å². The highest BCUT2D eigenvalue weighted by Gasteiger charge is 2.33. The van der Waals surface area contributed by atoms with E-state index in [9.17, 15) is 9.70 Å². The number of halogens is 2. The zero-order chi connectivity index (χ0) is 27.5. The van der Waals surface area contributed by atoms with Gasteiger partial charge in [-0.1, -0.05) is 86.3 Å². The van der Waals surface area contributed by atoms with Crippen LogP contribution in [0.3, 0.4) is 0 Å². The molecule has 3 aromatic rings. The van der Waals surface area contributed by atoms with E-state index in [-0.39, 0.29) is 17.1 Å². The van der Waals surface area contributed by atoms with Gasteiger partial charge in [-0.25, -0.2) is 0 Å². The lowest BCUT2D eigenvalue weighted by molar-refractivity contribution is -0.133. The highest BCUT2D eigenvalue weighted by atomic mass is 35.5. The third-order valence-corrected chi connectivity index (χ3v) is 8.23. The zero-order valence-electron chi connectivity index (χ0n) is 21.8. The van der Waals surface area contributed by atoms with Crippen LogP contribution in [0.15, 0.2) is 71.3 Å². The number of hydrogen-bond donors (Lipinski definition) is 2. The van der Waals surface area contributed by atoms with Crippen molar-refractivity contribution in [2.24, 2.45) is 10.5 Å². The number of nitroso groups, excluding NO2 is 1. The fraction of sp³-hybridized carbons (Fsp3) is 0.345. The number of benzene rings is 3. The van der Waals surface area contributed by atoms with E-state index in [1.165, 1.54) is 0 Å². The normalized spacial score (nSPS) is 12.7. The first-order chi connectivity index (χ1) is 18.3. The standard InChI is InChI=1S/C29H33Cl2N3O3S/c1-4-22(5-2)29(3,38-34-36)19-32-18-20-13-15-23(16-14-20)37-27(35)17-21-9-6-7-12-26(21)33-28-24(30)10-8-11-25(28)31/h6-16,22,32-33H,4-5,17-19H2,1-3H3. The Hall–Kier alpha value is -2.58. The van der Waals surface area contributed by atoms with E-state index in [1.807, 2.05) is 36.4 Å². The van der Waals surface area contributed by atoms with Crippen LogP contribution >= 0.6 is 35.1 Å². The second kappa shape index (κ2) is 14.5. The van der Waals surface area contributed by atoms with Gasteiger partial charge in [-0.2, -0.15) is 0 Å². The molecule has 0 saturated carbocycles. The van der Waals surface area contributed by atoms with Gasteiger partial charge in [0.15, 0.2) is 0 Å². The molecule has 0 spiro atoms. The predicted octanol–water partition coefficient (Wildman–Crippen LogP) is 8.58. The Morgan fingerprint density at radius 2 is 1.66 bits per heavy atom. The molecule has 2 N–H and O–H groups in total. The summed E-state index contributed by atoms with van der Waals surface area (Å²) in [6.45, 7) is 7.66. The number of carbonyl (C=O) groups excluding carboxylic acids is 1. The SMILES string of the molecule is CCC(CC)C(C)(CNCc1ccc(OC(=O)Cc2ccccc2Nc2c(Cl)cccc2Cl)cc1)SN=O. The van der Waals surface area contributed by atoms with Crippen molar-refractivity contribution in [2.75, 3.05) is 11.9 Å². The van der Waals surface area contributed by atoms with Crippen molar-refractivity contribution >= 4 is 52.5 Å². The largest absolute Gasteiger partial charge is 0.426 e. The van der Waals surface area contributed by atoms with Gasteiger partial charge < -0.3 is 15.4 Å². The minimum Gasteiger partial charge on any atom is -0.426 e. The van der Waals surface area contributed by atoms with E-state index in [0.29, 0.717) is 40.5 Å². The summed E-state index contributed by atoms with van der Waals surface area (Å²) in [6.07, 6.45) is 2.06. The number of anilines is 2. The van der Waals surface area contributed by atoms with Crippen LogP contribution in [-0.4, -0.2) is 17.3 Å². The highest BCUT2D eigenvalue weighted by Crippen LogP contribution is 2.37. The molecule has 9 heteroatoms. The number of ether oxygens (including phenoxy) is 1. The molecule has 0 bridgehead atoms. The van der Waals surface area contributed by atoms with Gasteiger partial charge in [-0.05, 0) is 54.3 Å². The van der Waals surface area contributed by atoms with Crippen molar-refractivity contribution in [1.82, 2.24) is 5.32 Å². The van der Waals surface area contributed by atoms with E-state index >= 15 is 0 Å². The molecule has 0 aliphatic heterocycles. The maximum atomic E-state index is 12.7. The summed E-state index contributed by atoms with van der Waals surface area (Å²) in [5.74, 6) is 0.483. The number of esters is 1. The molecule has 6 nitrogen and oxygen atoms in total. The van der Waals surface area contributed by atoms with Crippen LogP contribution in [0, 0.1) is 10.8 Å². The maximum absolute atomic E-state index is 12.7. The van der Waals surface area contributed by atoms with Crippen molar-refractivity contribution in [1.29, 1.82) is 0 Å². The first kappa shape index (κ1) is 30.0. The molecule has 1 unspecified atom stereocenters. The van der Waals surface area contributed by atoms with Crippen LogP contribution in [0.1, 0.15) is 44.7 Å². The summed E-state index contributed by atoms with van der Waals surface area (Å²) >= 11 is 13.7. The number of carbonyl (C=O) groups is 1. The van der Waals surface area contributed by atoms with Crippen LogP contribution in [0.4, 0.5) is 11.4 Å². The summed E-state index contributed by atoms with van der Waals surface area (Å²) in [5, 5.41) is 7.66. The van der Waals surface area contributed by atoms with Crippen LogP contribution < -0.4 is 15.4 Å². The van der Waals surface area contributed by atoms with E-state index in [4.69, 9.17) is 27.9 Å². The minimum absolute atomic E-state index is 0.0750. The molecule has 0 radical (unpaired) electrons. The van der Waals surface area contributed by atoms with Crippen molar-refractivity contribution in [3.63, 3.8) is 0 Å². The number of para-hydroxylation sites is 2. The summed E-state index contributed by atoms with van der Waals surface area (Å²) in [6, 6.07) is 20.1.